The smallest absolute Gasteiger partial charge is 0.254 e. The number of carbonyl (C=O) groups excluding carboxylic acids is 1. The number of H-pyrrole nitrogens is 1. The molecule has 0 aliphatic carbocycles. The van der Waals surface area contributed by atoms with E-state index in [-0.39, 0.29) is 5.91 Å². The number of hydrogen-bond acceptors (Lipinski definition) is 2. The quantitative estimate of drug-likeness (QED) is 0.871. The van der Waals surface area contributed by atoms with E-state index in [1.165, 1.54) is 0 Å². The van der Waals surface area contributed by atoms with E-state index in [0.717, 1.165) is 14.7 Å². The average molecular weight is 341 g/mol. The van der Waals surface area contributed by atoms with Crippen LogP contribution >= 0.6 is 22.6 Å². The molecule has 1 heterocycles. The van der Waals surface area contributed by atoms with Gasteiger partial charge < -0.3 is 4.90 Å². The zero-order valence-corrected chi connectivity index (χ0v) is 11.5. The van der Waals surface area contributed by atoms with Crippen molar-refractivity contribution in [2.75, 3.05) is 7.05 Å². The summed E-state index contributed by atoms with van der Waals surface area (Å²) in [5.41, 5.74) is 1.73. The molecule has 0 fully saturated rings. The van der Waals surface area contributed by atoms with Crippen LogP contribution < -0.4 is 0 Å². The van der Waals surface area contributed by atoms with Gasteiger partial charge in [-0.1, -0.05) is 12.1 Å². The third-order valence-electron chi connectivity index (χ3n) is 2.43. The van der Waals surface area contributed by atoms with Gasteiger partial charge in [-0.15, -0.1) is 0 Å². The Morgan fingerprint density at radius 1 is 1.47 bits per heavy atom. The van der Waals surface area contributed by atoms with Gasteiger partial charge in [0.2, 0.25) is 0 Å². The number of nitrogens with zero attached hydrogens (tertiary/aromatic N) is 2. The van der Waals surface area contributed by atoms with Crippen molar-refractivity contribution in [3.05, 3.63) is 51.4 Å². The van der Waals surface area contributed by atoms with Crippen LogP contribution in [0.1, 0.15) is 15.9 Å². The van der Waals surface area contributed by atoms with Crippen molar-refractivity contribution in [3.8, 4) is 0 Å². The summed E-state index contributed by atoms with van der Waals surface area (Å²) in [6.45, 7) is 0.556. The molecule has 0 unspecified atom stereocenters. The van der Waals surface area contributed by atoms with Crippen molar-refractivity contribution in [2.24, 2.45) is 0 Å². The monoisotopic (exact) mass is 341 g/mol. The Hall–Kier alpha value is -1.37. The molecule has 0 aliphatic rings. The molecule has 0 atom stereocenters. The molecule has 0 aliphatic heterocycles. The van der Waals surface area contributed by atoms with Crippen molar-refractivity contribution in [1.29, 1.82) is 0 Å². The summed E-state index contributed by atoms with van der Waals surface area (Å²) in [5.74, 6) is 0.0243. The SMILES string of the molecule is CN(Cc1cn[nH]c1)C(=O)c1ccccc1I. The molecule has 2 aromatic rings. The molecule has 1 aromatic heterocycles. The second-order valence-electron chi connectivity index (χ2n) is 3.75. The first-order valence-corrected chi connectivity index (χ1v) is 6.24. The molecule has 0 saturated carbocycles. The van der Waals surface area contributed by atoms with Gasteiger partial charge in [-0.3, -0.25) is 9.89 Å². The molecule has 1 amide bonds. The average Bonchev–Trinajstić information content (AvgIpc) is 2.81. The van der Waals surface area contributed by atoms with Gasteiger partial charge in [0, 0.05) is 28.9 Å². The van der Waals surface area contributed by atoms with Gasteiger partial charge in [0.1, 0.15) is 0 Å². The summed E-state index contributed by atoms with van der Waals surface area (Å²) in [5, 5.41) is 6.60. The number of carbonyl (C=O) groups is 1. The van der Waals surface area contributed by atoms with Gasteiger partial charge in [-0.2, -0.15) is 5.10 Å². The summed E-state index contributed by atoms with van der Waals surface area (Å²) in [7, 11) is 1.79. The number of amides is 1. The highest BCUT2D eigenvalue weighted by atomic mass is 127. The molecular weight excluding hydrogens is 329 g/mol. The summed E-state index contributed by atoms with van der Waals surface area (Å²) in [6, 6.07) is 7.57. The normalized spacial score (nSPS) is 10.2. The third-order valence-corrected chi connectivity index (χ3v) is 3.37. The van der Waals surface area contributed by atoms with Crippen LogP contribution in [0.2, 0.25) is 0 Å². The number of halogens is 1. The molecule has 0 radical (unpaired) electrons. The Kier molecular flexibility index (Phi) is 3.78. The standard InChI is InChI=1S/C12H12IN3O/c1-16(8-9-6-14-15-7-9)12(17)10-4-2-3-5-11(10)13/h2-7H,8H2,1H3,(H,14,15). The van der Waals surface area contributed by atoms with Crippen LogP contribution in [-0.4, -0.2) is 28.1 Å². The summed E-state index contributed by atoms with van der Waals surface area (Å²) < 4.78 is 0.967. The second-order valence-corrected chi connectivity index (χ2v) is 4.91. The molecule has 0 saturated heterocycles. The van der Waals surface area contributed by atoms with E-state index < -0.39 is 0 Å². The maximum atomic E-state index is 12.2. The molecule has 2 rings (SSSR count). The van der Waals surface area contributed by atoms with E-state index in [1.807, 2.05) is 24.3 Å². The van der Waals surface area contributed by atoms with Crippen LogP contribution in [0, 0.1) is 3.57 Å². The van der Waals surface area contributed by atoms with Crippen LogP contribution in [0.4, 0.5) is 0 Å². The molecular formula is C12H12IN3O. The van der Waals surface area contributed by atoms with E-state index in [9.17, 15) is 4.79 Å². The minimum atomic E-state index is 0.0243. The molecule has 0 spiro atoms. The molecule has 4 nitrogen and oxygen atoms in total. The van der Waals surface area contributed by atoms with Crippen LogP contribution in [0.25, 0.3) is 0 Å². The lowest BCUT2D eigenvalue weighted by Gasteiger charge is -2.16. The fourth-order valence-corrected chi connectivity index (χ4v) is 2.17. The van der Waals surface area contributed by atoms with Gasteiger partial charge in [0.15, 0.2) is 0 Å². The lowest BCUT2D eigenvalue weighted by atomic mass is 10.2. The largest absolute Gasteiger partial charge is 0.337 e. The Balaban J connectivity index is 2.13. The Morgan fingerprint density at radius 2 is 2.24 bits per heavy atom. The summed E-state index contributed by atoms with van der Waals surface area (Å²) >= 11 is 2.17. The number of aromatic nitrogens is 2. The molecule has 1 aromatic carbocycles. The van der Waals surface area contributed by atoms with Gasteiger partial charge in [-0.05, 0) is 34.7 Å². The highest BCUT2D eigenvalue weighted by Gasteiger charge is 2.14. The number of nitrogens with one attached hydrogen (secondary N) is 1. The molecule has 5 heteroatoms. The van der Waals surface area contributed by atoms with Crippen molar-refractivity contribution < 1.29 is 4.79 Å². The zero-order chi connectivity index (χ0) is 12.3. The van der Waals surface area contributed by atoms with Gasteiger partial charge in [-0.25, -0.2) is 0 Å². The van der Waals surface area contributed by atoms with Crippen LogP contribution in [0.15, 0.2) is 36.7 Å². The first-order chi connectivity index (χ1) is 8.18. The summed E-state index contributed by atoms with van der Waals surface area (Å²) in [6.07, 6.45) is 3.51. The first-order valence-electron chi connectivity index (χ1n) is 5.16. The number of aromatic amines is 1. The maximum Gasteiger partial charge on any atom is 0.254 e. The fraction of sp³-hybridized carbons (Fsp3) is 0.167. The molecule has 17 heavy (non-hydrogen) atoms. The topological polar surface area (TPSA) is 49.0 Å². The highest BCUT2D eigenvalue weighted by molar-refractivity contribution is 14.1. The van der Waals surface area contributed by atoms with Gasteiger partial charge >= 0.3 is 0 Å². The van der Waals surface area contributed by atoms with Crippen molar-refractivity contribution in [2.45, 2.75) is 6.54 Å². The minimum Gasteiger partial charge on any atom is -0.337 e. The second kappa shape index (κ2) is 5.31. The van der Waals surface area contributed by atoms with Crippen LogP contribution in [-0.2, 0) is 6.54 Å². The number of rotatable bonds is 3. The Morgan fingerprint density at radius 3 is 2.88 bits per heavy atom. The number of benzene rings is 1. The van der Waals surface area contributed by atoms with Crippen molar-refractivity contribution in [3.63, 3.8) is 0 Å². The molecule has 1 N–H and O–H groups in total. The van der Waals surface area contributed by atoms with E-state index in [0.29, 0.717) is 6.54 Å². The van der Waals surface area contributed by atoms with E-state index >= 15 is 0 Å². The first kappa shape index (κ1) is 12.1. The maximum absolute atomic E-state index is 12.2. The summed E-state index contributed by atoms with van der Waals surface area (Å²) in [4.78, 5) is 13.9. The van der Waals surface area contributed by atoms with Crippen LogP contribution in [0.3, 0.4) is 0 Å². The molecule has 88 valence electrons. The Bertz CT molecular complexity index is 510. The van der Waals surface area contributed by atoms with E-state index in [1.54, 1.807) is 24.3 Å². The van der Waals surface area contributed by atoms with Gasteiger partial charge in [0.25, 0.3) is 5.91 Å². The zero-order valence-electron chi connectivity index (χ0n) is 9.35. The third kappa shape index (κ3) is 2.85. The van der Waals surface area contributed by atoms with Crippen molar-refractivity contribution in [1.82, 2.24) is 15.1 Å². The lowest BCUT2D eigenvalue weighted by molar-refractivity contribution is 0.0784. The highest BCUT2D eigenvalue weighted by Crippen LogP contribution is 2.14. The predicted octanol–water partition coefficient (Wildman–Crippen LogP) is 2.29. The van der Waals surface area contributed by atoms with Gasteiger partial charge in [0.05, 0.1) is 11.8 Å². The fourth-order valence-electron chi connectivity index (χ4n) is 1.55. The minimum absolute atomic E-state index is 0.0243. The predicted molar refractivity (Wildman–Crippen MR) is 73.5 cm³/mol. The van der Waals surface area contributed by atoms with Crippen LogP contribution in [0.5, 0.6) is 0 Å². The van der Waals surface area contributed by atoms with E-state index in [4.69, 9.17) is 0 Å². The van der Waals surface area contributed by atoms with Crippen molar-refractivity contribution >= 4 is 28.5 Å². The van der Waals surface area contributed by atoms with E-state index in [2.05, 4.69) is 32.8 Å². The Labute approximate surface area is 113 Å². The molecule has 0 bridgehead atoms. The lowest BCUT2D eigenvalue weighted by Crippen LogP contribution is -2.26. The number of hydrogen-bond donors (Lipinski definition) is 1.